The quantitative estimate of drug-likeness (QED) is 0.0261. The molecule has 0 aliphatic rings. The van der Waals surface area contributed by atoms with Gasteiger partial charge < -0.3 is 14.2 Å². The Kier molecular flexibility index (Phi) is 64.3. The molecule has 0 aromatic heterocycles. The van der Waals surface area contributed by atoms with Crippen molar-refractivity contribution in [3.8, 4) is 0 Å². The monoisotopic (exact) mass is 1120 g/mol. The molecule has 81 heavy (non-hydrogen) atoms. The predicted molar refractivity (Wildman–Crippen MR) is 353 cm³/mol. The molecule has 0 bridgehead atoms. The molecule has 0 spiro atoms. The highest BCUT2D eigenvalue weighted by Gasteiger charge is 2.19. The number of carbonyl (C=O) groups excluding carboxylic acids is 3. The maximum Gasteiger partial charge on any atom is 0.306 e. The van der Waals surface area contributed by atoms with Gasteiger partial charge in [-0.2, -0.15) is 0 Å². The van der Waals surface area contributed by atoms with Gasteiger partial charge in [0, 0.05) is 19.3 Å². The summed E-state index contributed by atoms with van der Waals surface area (Å²) in [6, 6.07) is 0. The molecule has 0 aliphatic carbocycles. The van der Waals surface area contributed by atoms with Crippen LogP contribution in [0.15, 0.2) is 134 Å². The van der Waals surface area contributed by atoms with Crippen LogP contribution in [0.2, 0.25) is 0 Å². The molecule has 0 aromatic rings. The zero-order valence-corrected chi connectivity index (χ0v) is 52.8. The van der Waals surface area contributed by atoms with Gasteiger partial charge in [-0.15, -0.1) is 0 Å². The van der Waals surface area contributed by atoms with Crippen LogP contribution in [-0.4, -0.2) is 37.2 Å². The molecule has 0 aliphatic heterocycles. The first-order valence-corrected chi connectivity index (χ1v) is 33.7. The van der Waals surface area contributed by atoms with Crippen LogP contribution in [0.5, 0.6) is 0 Å². The second-order valence-electron chi connectivity index (χ2n) is 22.0. The van der Waals surface area contributed by atoms with E-state index in [-0.39, 0.29) is 31.6 Å². The van der Waals surface area contributed by atoms with Crippen molar-refractivity contribution in [3.63, 3.8) is 0 Å². The van der Waals surface area contributed by atoms with Gasteiger partial charge in [0.25, 0.3) is 0 Å². The first-order chi connectivity index (χ1) is 40.0. The molecule has 0 amide bonds. The number of hydrogen-bond acceptors (Lipinski definition) is 6. The van der Waals surface area contributed by atoms with E-state index in [4.69, 9.17) is 14.2 Å². The van der Waals surface area contributed by atoms with E-state index in [9.17, 15) is 14.4 Å². The summed E-state index contributed by atoms with van der Waals surface area (Å²) >= 11 is 0. The van der Waals surface area contributed by atoms with E-state index in [1.54, 1.807) is 0 Å². The number of hydrogen-bond donors (Lipinski definition) is 0. The summed E-state index contributed by atoms with van der Waals surface area (Å²) in [5.41, 5.74) is 0. The van der Waals surface area contributed by atoms with Crippen molar-refractivity contribution in [1.82, 2.24) is 0 Å². The van der Waals surface area contributed by atoms with E-state index in [1.165, 1.54) is 148 Å². The van der Waals surface area contributed by atoms with E-state index in [1.807, 2.05) is 6.08 Å². The van der Waals surface area contributed by atoms with E-state index in [0.29, 0.717) is 19.3 Å². The minimum absolute atomic E-state index is 0.107. The van der Waals surface area contributed by atoms with Crippen LogP contribution in [0.25, 0.3) is 0 Å². The van der Waals surface area contributed by atoms with Crippen molar-refractivity contribution in [2.45, 2.75) is 309 Å². The van der Waals surface area contributed by atoms with Crippen LogP contribution in [0.3, 0.4) is 0 Å². The smallest absolute Gasteiger partial charge is 0.306 e. The van der Waals surface area contributed by atoms with Gasteiger partial charge in [0.1, 0.15) is 13.2 Å². The number of carbonyl (C=O) groups is 3. The van der Waals surface area contributed by atoms with E-state index >= 15 is 0 Å². The summed E-state index contributed by atoms with van der Waals surface area (Å²) in [4.78, 5) is 38.2. The van der Waals surface area contributed by atoms with Crippen LogP contribution in [-0.2, 0) is 28.6 Å². The molecular weight excluding hydrogens is 997 g/mol. The number of unbranched alkanes of at least 4 members (excludes halogenated alkanes) is 27. The third-order valence-corrected chi connectivity index (χ3v) is 14.2. The van der Waals surface area contributed by atoms with Crippen LogP contribution in [0.4, 0.5) is 0 Å². The Morgan fingerprint density at radius 1 is 0.259 bits per heavy atom. The van der Waals surface area contributed by atoms with Gasteiger partial charge >= 0.3 is 17.9 Å². The standard InChI is InChI=1S/C75H124O6/c1-4-7-10-13-16-19-22-24-26-28-30-31-32-33-34-35-36-37-38-39-40-41-42-43-45-46-48-50-53-56-59-62-65-68-74(77)80-71-72(70-79-73(76)67-64-61-58-55-52-21-18-15-12-9-6-3)81-75(78)69-66-63-60-57-54-51-49-47-44-29-27-25-23-20-17-14-11-8-5-2/h7-8,10-11,16-17,19-20,24-27,30-31,33-34,44,47,51,54,60,63,72H,4-6,9,12-15,18,21-23,28-29,32,35-43,45-46,48-50,52-53,55-59,61-62,64-71H2,1-3H3/b10-7-,11-8-,19-16-,20-17-,26-24-,27-25-,31-30-,34-33-,47-44-,54-51-,63-60-. The lowest BCUT2D eigenvalue weighted by Gasteiger charge is -2.18. The van der Waals surface area contributed by atoms with E-state index in [0.717, 1.165) is 109 Å². The molecule has 0 N–H and O–H groups in total. The molecule has 0 radical (unpaired) electrons. The van der Waals surface area contributed by atoms with Crippen molar-refractivity contribution >= 4 is 17.9 Å². The number of rotatable bonds is 60. The zero-order valence-electron chi connectivity index (χ0n) is 52.8. The second kappa shape index (κ2) is 68.1. The van der Waals surface area contributed by atoms with Gasteiger partial charge in [-0.25, -0.2) is 0 Å². The fourth-order valence-corrected chi connectivity index (χ4v) is 9.20. The van der Waals surface area contributed by atoms with E-state index < -0.39 is 12.1 Å². The molecule has 460 valence electrons. The first-order valence-electron chi connectivity index (χ1n) is 33.7. The largest absolute Gasteiger partial charge is 0.462 e. The predicted octanol–water partition coefficient (Wildman–Crippen LogP) is 23.3. The third-order valence-electron chi connectivity index (χ3n) is 14.2. The fraction of sp³-hybridized carbons (Fsp3) is 0.667. The highest BCUT2D eigenvalue weighted by Crippen LogP contribution is 2.17. The second-order valence-corrected chi connectivity index (χ2v) is 22.0. The van der Waals surface area contributed by atoms with Gasteiger partial charge in [0.15, 0.2) is 6.10 Å². The Labute approximate surface area is 500 Å². The molecule has 0 rings (SSSR count). The fourth-order valence-electron chi connectivity index (χ4n) is 9.20. The maximum absolute atomic E-state index is 12.9. The normalized spacial score (nSPS) is 13.0. The SMILES string of the molecule is CC/C=C\C/C=C\C/C=C\C/C=C\C/C=C\C/C=C\CCC(=O)OC(COC(=O)CCCCCCCCCCCCC)COC(=O)CCCCCCCCCCCCCCCCCCC/C=C\C/C=C\C/C=C\C/C=C\C/C=C\CC. The van der Waals surface area contributed by atoms with Crippen molar-refractivity contribution in [2.24, 2.45) is 0 Å². The molecule has 6 heteroatoms. The number of esters is 3. The first kappa shape index (κ1) is 76.5. The molecule has 0 fully saturated rings. The number of allylic oxidation sites excluding steroid dienone is 22. The lowest BCUT2D eigenvalue weighted by Crippen LogP contribution is -2.30. The van der Waals surface area contributed by atoms with Crippen molar-refractivity contribution in [1.29, 1.82) is 0 Å². The summed E-state index contributed by atoms with van der Waals surface area (Å²) in [6.07, 6.45) is 96.4. The summed E-state index contributed by atoms with van der Waals surface area (Å²) in [5.74, 6) is -0.986. The average Bonchev–Trinajstić information content (AvgIpc) is 3.47. The van der Waals surface area contributed by atoms with Gasteiger partial charge in [-0.05, 0) is 103 Å². The summed E-state index contributed by atoms with van der Waals surface area (Å²) in [6.45, 7) is 6.36. The Balaban J connectivity index is 4.23. The third kappa shape index (κ3) is 66.2. The van der Waals surface area contributed by atoms with Crippen LogP contribution in [0, 0.1) is 0 Å². The molecule has 0 heterocycles. The highest BCUT2D eigenvalue weighted by molar-refractivity contribution is 5.71. The van der Waals surface area contributed by atoms with Gasteiger partial charge in [0.05, 0.1) is 0 Å². The minimum Gasteiger partial charge on any atom is -0.462 e. The maximum atomic E-state index is 12.9. The average molecular weight is 1120 g/mol. The summed E-state index contributed by atoms with van der Waals surface area (Å²) in [5, 5.41) is 0. The van der Waals surface area contributed by atoms with Gasteiger partial charge in [0.2, 0.25) is 0 Å². The molecular formula is C75H124O6. The molecule has 0 saturated carbocycles. The Morgan fingerprint density at radius 3 is 0.802 bits per heavy atom. The van der Waals surface area contributed by atoms with Crippen molar-refractivity contribution in [3.05, 3.63) is 134 Å². The molecule has 1 unspecified atom stereocenters. The Bertz CT molecular complexity index is 1720. The number of ether oxygens (including phenoxy) is 3. The molecule has 0 aromatic carbocycles. The van der Waals surface area contributed by atoms with Crippen molar-refractivity contribution in [2.75, 3.05) is 13.2 Å². The van der Waals surface area contributed by atoms with Crippen LogP contribution < -0.4 is 0 Å². The summed E-state index contributed by atoms with van der Waals surface area (Å²) in [7, 11) is 0. The zero-order chi connectivity index (χ0) is 58.5. The van der Waals surface area contributed by atoms with Gasteiger partial charge in [-0.1, -0.05) is 315 Å². The lowest BCUT2D eigenvalue weighted by molar-refractivity contribution is -0.166. The molecule has 6 nitrogen and oxygen atoms in total. The molecule has 1 atom stereocenters. The Hall–Kier alpha value is -4.45. The lowest BCUT2D eigenvalue weighted by atomic mass is 10.0. The molecule has 0 saturated heterocycles. The topological polar surface area (TPSA) is 78.9 Å². The van der Waals surface area contributed by atoms with Gasteiger partial charge in [-0.3, -0.25) is 14.4 Å². The summed E-state index contributed by atoms with van der Waals surface area (Å²) < 4.78 is 16.8. The Morgan fingerprint density at radius 2 is 0.506 bits per heavy atom. The minimum atomic E-state index is -0.819. The highest BCUT2D eigenvalue weighted by atomic mass is 16.6. The van der Waals surface area contributed by atoms with Crippen LogP contribution >= 0.6 is 0 Å². The van der Waals surface area contributed by atoms with Crippen LogP contribution in [0.1, 0.15) is 303 Å². The van der Waals surface area contributed by atoms with Crippen molar-refractivity contribution < 1.29 is 28.6 Å². The van der Waals surface area contributed by atoms with E-state index in [2.05, 4.69) is 148 Å².